The van der Waals surface area contributed by atoms with E-state index in [-0.39, 0.29) is 12.4 Å². The highest BCUT2D eigenvalue weighted by Gasteiger charge is 2.40. The lowest BCUT2D eigenvalue weighted by molar-refractivity contribution is -0.169. The molecule has 3 aliphatic rings. The van der Waals surface area contributed by atoms with Crippen molar-refractivity contribution in [3.05, 3.63) is 41.1 Å². The molecule has 0 saturated carbocycles. The molecule has 3 aliphatic heterocycles. The number of rotatable bonds is 1. The molecular weight excluding hydrogens is 312 g/mol. The van der Waals surface area contributed by atoms with Crippen molar-refractivity contribution in [1.82, 2.24) is 9.47 Å². The maximum absolute atomic E-state index is 6.09. The number of benzene rings is 1. The lowest BCUT2D eigenvalue weighted by Gasteiger charge is -2.38. The number of ether oxygens (including phenoxy) is 2. The molecule has 0 bridgehead atoms. The number of para-hydroxylation sites is 1. The monoisotopic (exact) mass is 338 g/mol. The van der Waals surface area contributed by atoms with E-state index in [4.69, 9.17) is 9.47 Å². The largest absolute Gasteiger partial charge is 0.356 e. The first kappa shape index (κ1) is 15.6. The van der Waals surface area contributed by atoms with Gasteiger partial charge in [-0.1, -0.05) is 18.2 Å². The van der Waals surface area contributed by atoms with Crippen molar-refractivity contribution in [2.75, 3.05) is 20.7 Å². The first-order chi connectivity index (χ1) is 12.2. The Morgan fingerprint density at radius 3 is 2.88 bits per heavy atom. The first-order valence-electron chi connectivity index (χ1n) is 9.39. The number of aromatic nitrogens is 1. The Morgan fingerprint density at radius 2 is 2.04 bits per heavy atom. The Hall–Kier alpha value is -1.62. The average Bonchev–Trinajstić information content (AvgIpc) is 2.81. The van der Waals surface area contributed by atoms with Crippen LogP contribution in [-0.2, 0) is 15.9 Å². The number of methoxy groups -OCH3 is 1. The van der Waals surface area contributed by atoms with Crippen molar-refractivity contribution < 1.29 is 9.47 Å². The third-order valence-corrected chi connectivity index (χ3v) is 6.44. The summed E-state index contributed by atoms with van der Waals surface area (Å²) in [5, 5.41) is 1.42. The number of fused-ring (bicyclic) bond motifs is 4. The van der Waals surface area contributed by atoms with E-state index in [1.807, 2.05) is 0 Å². The molecule has 4 atom stereocenters. The maximum atomic E-state index is 6.09. The second-order valence-corrected chi connectivity index (χ2v) is 7.74. The van der Waals surface area contributed by atoms with Gasteiger partial charge in [0, 0.05) is 37.4 Å². The molecule has 0 radical (unpaired) electrons. The van der Waals surface area contributed by atoms with Crippen LogP contribution in [0.5, 0.6) is 0 Å². The Morgan fingerprint density at radius 1 is 1.20 bits per heavy atom. The number of likely N-dealkylation sites (N-methyl/N-ethyl adjacent to an activating group) is 1. The van der Waals surface area contributed by atoms with Gasteiger partial charge in [-0.25, -0.2) is 0 Å². The van der Waals surface area contributed by atoms with Gasteiger partial charge in [0.15, 0.2) is 6.29 Å². The quantitative estimate of drug-likeness (QED) is 0.791. The van der Waals surface area contributed by atoms with Crippen LogP contribution in [0.3, 0.4) is 0 Å². The highest BCUT2D eigenvalue weighted by molar-refractivity contribution is 5.88. The molecule has 4 unspecified atom stereocenters. The molecule has 0 N–H and O–H groups in total. The third kappa shape index (κ3) is 2.24. The number of nitrogens with zero attached hydrogens (tertiary/aromatic N) is 2. The molecule has 1 fully saturated rings. The van der Waals surface area contributed by atoms with Gasteiger partial charge in [0.05, 0.1) is 17.7 Å². The van der Waals surface area contributed by atoms with Crippen molar-refractivity contribution in [2.24, 2.45) is 5.92 Å². The molecule has 25 heavy (non-hydrogen) atoms. The summed E-state index contributed by atoms with van der Waals surface area (Å²) >= 11 is 0. The fraction of sp³-hybridized carbons (Fsp3) is 0.524. The summed E-state index contributed by atoms with van der Waals surface area (Å²) in [7, 11) is 4.03. The zero-order valence-electron chi connectivity index (χ0n) is 15.2. The standard InChI is InChI=1S/C21H26N2O2/c1-13-17-12-23-18-7-5-4-6-15(18)16-8-9-22(2)19(21(16)23)10-14(17)11-20(24-3)25-13/h4-7,12-14,19-20H,8-11H2,1-3H3. The molecule has 1 saturated heterocycles. The van der Waals surface area contributed by atoms with Gasteiger partial charge < -0.3 is 14.0 Å². The van der Waals surface area contributed by atoms with Crippen LogP contribution in [-0.4, -0.2) is 42.6 Å². The molecule has 4 heteroatoms. The van der Waals surface area contributed by atoms with Crippen LogP contribution < -0.4 is 0 Å². The molecule has 0 aliphatic carbocycles. The van der Waals surface area contributed by atoms with Crippen LogP contribution in [0, 0.1) is 5.92 Å². The molecule has 0 spiro atoms. The second kappa shape index (κ2) is 5.70. The molecular formula is C21H26N2O2. The molecule has 2 aromatic rings. The van der Waals surface area contributed by atoms with Gasteiger partial charge in [-0.2, -0.15) is 0 Å². The van der Waals surface area contributed by atoms with E-state index >= 15 is 0 Å². The lowest BCUT2D eigenvalue weighted by atomic mass is 9.83. The van der Waals surface area contributed by atoms with Gasteiger partial charge >= 0.3 is 0 Å². The van der Waals surface area contributed by atoms with Gasteiger partial charge in [-0.15, -0.1) is 0 Å². The van der Waals surface area contributed by atoms with E-state index in [0.29, 0.717) is 12.0 Å². The topological polar surface area (TPSA) is 26.6 Å². The smallest absolute Gasteiger partial charge is 0.158 e. The van der Waals surface area contributed by atoms with E-state index in [2.05, 4.69) is 53.9 Å². The summed E-state index contributed by atoms with van der Waals surface area (Å²) < 4.78 is 14.1. The zero-order chi connectivity index (χ0) is 17.1. The van der Waals surface area contributed by atoms with Crippen LogP contribution in [0.1, 0.15) is 37.1 Å². The van der Waals surface area contributed by atoms with Crippen molar-refractivity contribution in [3.63, 3.8) is 0 Å². The molecule has 4 nitrogen and oxygen atoms in total. The summed E-state index contributed by atoms with van der Waals surface area (Å²) in [4.78, 5) is 2.54. The van der Waals surface area contributed by atoms with Crippen molar-refractivity contribution in [3.8, 4) is 0 Å². The fourth-order valence-electron chi connectivity index (χ4n) is 5.13. The van der Waals surface area contributed by atoms with E-state index in [9.17, 15) is 0 Å². The Bertz CT molecular complexity index is 853. The maximum Gasteiger partial charge on any atom is 0.158 e. The summed E-state index contributed by atoms with van der Waals surface area (Å²) in [5.74, 6) is 0.519. The van der Waals surface area contributed by atoms with Crippen molar-refractivity contribution in [1.29, 1.82) is 0 Å². The summed E-state index contributed by atoms with van der Waals surface area (Å²) in [6, 6.07) is 9.33. The van der Waals surface area contributed by atoms with E-state index in [1.54, 1.807) is 12.7 Å². The Labute approximate surface area is 149 Å². The Balaban J connectivity index is 1.73. The van der Waals surface area contributed by atoms with Gasteiger partial charge in [0.2, 0.25) is 0 Å². The van der Waals surface area contributed by atoms with Crippen molar-refractivity contribution >= 4 is 17.1 Å². The van der Waals surface area contributed by atoms with Gasteiger partial charge in [0.25, 0.3) is 0 Å². The highest BCUT2D eigenvalue weighted by atomic mass is 16.7. The van der Waals surface area contributed by atoms with E-state index in [1.165, 1.54) is 22.2 Å². The van der Waals surface area contributed by atoms with Crippen LogP contribution in [0.25, 0.3) is 17.1 Å². The first-order valence-corrected chi connectivity index (χ1v) is 9.39. The number of hydrogen-bond acceptors (Lipinski definition) is 3. The van der Waals surface area contributed by atoms with E-state index in [0.717, 1.165) is 25.8 Å². The molecule has 132 valence electrons. The van der Waals surface area contributed by atoms with Crippen LogP contribution in [0.4, 0.5) is 0 Å². The third-order valence-electron chi connectivity index (χ3n) is 6.44. The SMILES string of the molecule is COC1CC2CC3c4c(c5ccccc5n4C=C2C(C)O1)CCN3C. The summed E-state index contributed by atoms with van der Waals surface area (Å²) in [6.45, 7) is 3.30. The number of hydrogen-bond donors (Lipinski definition) is 0. The van der Waals surface area contributed by atoms with Crippen LogP contribution >= 0.6 is 0 Å². The summed E-state index contributed by atoms with van der Waals surface area (Å²) in [5.41, 5.74) is 5.80. The molecule has 1 aromatic carbocycles. The van der Waals surface area contributed by atoms with Crippen molar-refractivity contribution in [2.45, 2.75) is 44.6 Å². The second-order valence-electron chi connectivity index (χ2n) is 7.74. The molecule has 0 amide bonds. The predicted molar refractivity (Wildman–Crippen MR) is 99.4 cm³/mol. The average molecular weight is 338 g/mol. The molecule has 1 aromatic heterocycles. The lowest BCUT2D eigenvalue weighted by Crippen LogP contribution is -2.37. The molecule has 4 heterocycles. The molecule has 5 rings (SSSR count). The summed E-state index contributed by atoms with van der Waals surface area (Å²) in [6.07, 6.45) is 5.64. The minimum atomic E-state index is -0.0836. The van der Waals surface area contributed by atoms with Gasteiger partial charge in [-0.05, 0) is 49.9 Å². The zero-order valence-corrected chi connectivity index (χ0v) is 15.2. The normalized spacial score (nSPS) is 32.0. The van der Waals surface area contributed by atoms with Crippen LogP contribution in [0.2, 0.25) is 0 Å². The van der Waals surface area contributed by atoms with Crippen LogP contribution in [0.15, 0.2) is 29.8 Å². The van der Waals surface area contributed by atoms with Gasteiger partial charge in [-0.3, -0.25) is 4.90 Å². The minimum absolute atomic E-state index is 0.0836. The predicted octanol–water partition coefficient (Wildman–Crippen LogP) is 3.81. The fourth-order valence-corrected chi connectivity index (χ4v) is 5.13. The van der Waals surface area contributed by atoms with Gasteiger partial charge in [0.1, 0.15) is 0 Å². The highest BCUT2D eigenvalue weighted by Crippen LogP contribution is 2.46. The Kier molecular flexibility index (Phi) is 3.56. The van der Waals surface area contributed by atoms with E-state index < -0.39 is 0 Å². The minimum Gasteiger partial charge on any atom is -0.356 e.